The van der Waals surface area contributed by atoms with Crippen molar-refractivity contribution in [2.75, 3.05) is 29.8 Å². The van der Waals surface area contributed by atoms with E-state index in [0.29, 0.717) is 24.2 Å². The molecule has 0 unspecified atom stereocenters. The predicted octanol–water partition coefficient (Wildman–Crippen LogP) is 4.25. The highest BCUT2D eigenvalue weighted by Crippen LogP contribution is 2.26. The summed E-state index contributed by atoms with van der Waals surface area (Å²) in [7, 11) is -1.89. The number of benzene rings is 3. The molecule has 8 heteroatoms. The van der Waals surface area contributed by atoms with Crippen LogP contribution in [0.3, 0.4) is 0 Å². The van der Waals surface area contributed by atoms with Crippen LogP contribution in [-0.4, -0.2) is 38.6 Å². The van der Waals surface area contributed by atoms with Gasteiger partial charge in [0, 0.05) is 12.7 Å². The first-order chi connectivity index (χ1) is 15.4. The molecule has 1 N–H and O–H groups in total. The van der Waals surface area contributed by atoms with E-state index < -0.39 is 10.0 Å². The maximum Gasteiger partial charge on any atom is 0.263 e. The molecule has 0 saturated heterocycles. The Morgan fingerprint density at radius 2 is 1.59 bits per heavy atom. The second-order valence-corrected chi connectivity index (χ2v) is 9.08. The number of hydrogen-bond donors (Lipinski definition) is 1. The van der Waals surface area contributed by atoms with Gasteiger partial charge in [0.05, 0.1) is 22.5 Å². The van der Waals surface area contributed by atoms with Gasteiger partial charge in [0.25, 0.3) is 15.9 Å². The van der Waals surface area contributed by atoms with Gasteiger partial charge in [-0.1, -0.05) is 42.5 Å². The van der Waals surface area contributed by atoms with Crippen LogP contribution in [0.15, 0.2) is 83.8 Å². The van der Waals surface area contributed by atoms with Crippen LogP contribution in [0.2, 0.25) is 0 Å². The number of sulfonamides is 1. The van der Waals surface area contributed by atoms with Gasteiger partial charge >= 0.3 is 0 Å². The van der Waals surface area contributed by atoms with Crippen LogP contribution in [-0.2, 0) is 10.0 Å². The number of anilines is 2. The zero-order valence-corrected chi connectivity index (χ0v) is 18.7. The van der Waals surface area contributed by atoms with Gasteiger partial charge in [-0.3, -0.25) is 4.72 Å². The van der Waals surface area contributed by atoms with E-state index in [4.69, 9.17) is 4.74 Å². The quantitative estimate of drug-likeness (QED) is 0.434. The lowest BCUT2D eigenvalue weighted by Crippen LogP contribution is -2.24. The molecule has 0 aliphatic rings. The van der Waals surface area contributed by atoms with E-state index in [1.807, 2.05) is 73.5 Å². The van der Waals surface area contributed by atoms with Crippen LogP contribution in [0.25, 0.3) is 11.0 Å². The zero-order chi connectivity index (χ0) is 22.6. The van der Waals surface area contributed by atoms with Crippen LogP contribution in [0.4, 0.5) is 11.5 Å². The topological polar surface area (TPSA) is 84.4 Å². The number of hydrogen-bond acceptors (Lipinski definition) is 6. The number of nitrogens with one attached hydrogen (secondary N) is 1. The fraction of sp³-hybridized carbons (Fsp3) is 0.167. The molecule has 0 saturated carbocycles. The van der Waals surface area contributed by atoms with Crippen LogP contribution >= 0.6 is 0 Å². The number of aromatic nitrogens is 2. The second kappa shape index (κ2) is 9.23. The standard InChI is InChI=1S/C24H24N4O3S/c1-18-9-8-12-20(17-18)32(29,30)27-23-24(26-22-14-7-6-13-21(22)25-23)31-16-15-28(2)19-10-4-3-5-11-19/h3-14,17H,15-16H2,1-2H3,(H,25,27). The molecule has 4 rings (SSSR count). The van der Waals surface area contributed by atoms with Crippen LogP contribution < -0.4 is 14.4 Å². The molecular weight excluding hydrogens is 424 g/mol. The lowest BCUT2D eigenvalue weighted by molar-refractivity contribution is 0.315. The van der Waals surface area contributed by atoms with Gasteiger partial charge in [-0.2, -0.15) is 0 Å². The van der Waals surface area contributed by atoms with Gasteiger partial charge < -0.3 is 9.64 Å². The maximum absolute atomic E-state index is 13.0. The molecule has 0 fully saturated rings. The molecule has 0 radical (unpaired) electrons. The number of para-hydroxylation sites is 3. The average molecular weight is 449 g/mol. The summed E-state index contributed by atoms with van der Waals surface area (Å²) >= 11 is 0. The first-order valence-electron chi connectivity index (χ1n) is 10.2. The number of likely N-dealkylation sites (N-methyl/N-ethyl adjacent to an activating group) is 1. The van der Waals surface area contributed by atoms with Crippen molar-refractivity contribution in [2.45, 2.75) is 11.8 Å². The van der Waals surface area contributed by atoms with Crippen molar-refractivity contribution >= 4 is 32.6 Å². The fourth-order valence-electron chi connectivity index (χ4n) is 3.21. The minimum atomic E-state index is -3.85. The van der Waals surface area contributed by atoms with Gasteiger partial charge in [-0.05, 0) is 48.9 Å². The molecule has 1 heterocycles. The molecule has 0 bridgehead atoms. The van der Waals surface area contributed by atoms with Crippen molar-refractivity contribution in [3.63, 3.8) is 0 Å². The van der Waals surface area contributed by atoms with Gasteiger partial charge in [0.15, 0.2) is 0 Å². The highest BCUT2D eigenvalue weighted by molar-refractivity contribution is 7.92. The summed E-state index contributed by atoms with van der Waals surface area (Å²) in [5.41, 5.74) is 3.10. The third-order valence-electron chi connectivity index (χ3n) is 4.93. The van der Waals surface area contributed by atoms with Crippen molar-refractivity contribution in [2.24, 2.45) is 0 Å². The third-order valence-corrected chi connectivity index (χ3v) is 6.27. The van der Waals surface area contributed by atoms with Crippen LogP contribution in [0.5, 0.6) is 5.88 Å². The molecule has 0 amide bonds. The second-order valence-electron chi connectivity index (χ2n) is 7.39. The van der Waals surface area contributed by atoms with Gasteiger partial charge in [-0.25, -0.2) is 18.4 Å². The molecule has 32 heavy (non-hydrogen) atoms. The Bertz CT molecular complexity index is 1330. The van der Waals surface area contributed by atoms with Crippen molar-refractivity contribution in [3.8, 4) is 5.88 Å². The molecule has 3 aromatic carbocycles. The van der Waals surface area contributed by atoms with Gasteiger partial charge in [0.2, 0.25) is 5.82 Å². The molecule has 1 aromatic heterocycles. The fourth-order valence-corrected chi connectivity index (χ4v) is 4.31. The predicted molar refractivity (Wildman–Crippen MR) is 127 cm³/mol. The van der Waals surface area contributed by atoms with E-state index in [1.54, 1.807) is 24.3 Å². The van der Waals surface area contributed by atoms with E-state index >= 15 is 0 Å². The Hall–Kier alpha value is -3.65. The van der Waals surface area contributed by atoms with Crippen LogP contribution in [0, 0.1) is 6.92 Å². The largest absolute Gasteiger partial charge is 0.473 e. The molecule has 0 atom stereocenters. The molecule has 4 aromatic rings. The molecule has 0 aliphatic heterocycles. The summed E-state index contributed by atoms with van der Waals surface area (Å²) in [6.07, 6.45) is 0. The number of fused-ring (bicyclic) bond motifs is 1. The van der Waals surface area contributed by atoms with Gasteiger partial charge in [-0.15, -0.1) is 0 Å². The minimum Gasteiger partial charge on any atom is -0.473 e. The Balaban J connectivity index is 1.59. The van der Waals surface area contributed by atoms with Crippen molar-refractivity contribution in [1.82, 2.24) is 9.97 Å². The summed E-state index contributed by atoms with van der Waals surface area (Å²) < 4.78 is 34.4. The first-order valence-corrected chi connectivity index (χ1v) is 11.7. The minimum absolute atomic E-state index is 0.0626. The molecule has 7 nitrogen and oxygen atoms in total. The molecule has 164 valence electrons. The summed E-state index contributed by atoms with van der Waals surface area (Å²) in [5, 5.41) is 0. The Kier molecular flexibility index (Phi) is 6.23. The van der Waals surface area contributed by atoms with E-state index in [1.165, 1.54) is 0 Å². The Labute approximate surface area is 187 Å². The average Bonchev–Trinajstić information content (AvgIpc) is 2.79. The summed E-state index contributed by atoms with van der Waals surface area (Å²) in [6.45, 7) is 2.73. The van der Waals surface area contributed by atoms with Gasteiger partial charge in [0.1, 0.15) is 6.61 Å². The lowest BCUT2D eigenvalue weighted by Gasteiger charge is -2.20. The molecule has 0 spiro atoms. The van der Waals surface area contributed by atoms with Crippen molar-refractivity contribution in [3.05, 3.63) is 84.4 Å². The van der Waals surface area contributed by atoms with E-state index in [0.717, 1.165) is 11.3 Å². The SMILES string of the molecule is Cc1cccc(S(=O)(=O)Nc2nc3ccccc3nc2OCCN(C)c2ccccc2)c1. The monoisotopic (exact) mass is 448 g/mol. The maximum atomic E-state index is 13.0. The van der Waals surface area contributed by atoms with Crippen LogP contribution in [0.1, 0.15) is 5.56 Å². The summed E-state index contributed by atoms with van der Waals surface area (Å²) in [4.78, 5) is 11.2. The number of rotatable bonds is 8. The molecule has 0 aliphatic carbocycles. The Morgan fingerprint density at radius 3 is 2.31 bits per heavy atom. The number of ether oxygens (including phenoxy) is 1. The highest BCUT2D eigenvalue weighted by atomic mass is 32.2. The zero-order valence-electron chi connectivity index (χ0n) is 17.9. The lowest BCUT2D eigenvalue weighted by atomic mass is 10.2. The third kappa shape index (κ3) is 4.97. The summed E-state index contributed by atoms with van der Waals surface area (Å²) in [5.74, 6) is 0.203. The van der Waals surface area contributed by atoms with Crippen molar-refractivity contribution in [1.29, 1.82) is 0 Å². The number of aryl methyl sites for hydroxylation is 1. The van der Waals surface area contributed by atoms with E-state index in [-0.39, 0.29) is 16.6 Å². The first kappa shape index (κ1) is 21.6. The summed E-state index contributed by atoms with van der Waals surface area (Å²) in [6, 6.07) is 23.9. The number of nitrogens with zero attached hydrogens (tertiary/aromatic N) is 3. The molecular formula is C24H24N4O3S. The van der Waals surface area contributed by atoms with Crippen molar-refractivity contribution < 1.29 is 13.2 Å². The Morgan fingerprint density at radius 1 is 0.906 bits per heavy atom. The normalized spacial score (nSPS) is 11.3. The van der Waals surface area contributed by atoms with E-state index in [2.05, 4.69) is 14.7 Å². The van der Waals surface area contributed by atoms with E-state index in [9.17, 15) is 8.42 Å². The highest BCUT2D eigenvalue weighted by Gasteiger charge is 2.20. The smallest absolute Gasteiger partial charge is 0.263 e.